The summed E-state index contributed by atoms with van der Waals surface area (Å²) in [5, 5.41) is 15.0. The van der Waals surface area contributed by atoms with Gasteiger partial charge in [0.05, 0.1) is 29.3 Å². The Labute approximate surface area is 200 Å². The van der Waals surface area contributed by atoms with Gasteiger partial charge in [-0.15, -0.1) is 0 Å². The van der Waals surface area contributed by atoms with E-state index in [0.717, 1.165) is 10.9 Å². The predicted molar refractivity (Wildman–Crippen MR) is 129 cm³/mol. The first-order valence-electron chi connectivity index (χ1n) is 11.0. The number of non-ortho nitro benzene ring substituents is 1. The van der Waals surface area contributed by atoms with Crippen molar-refractivity contribution in [2.75, 3.05) is 31.7 Å². The lowest BCUT2D eigenvalue weighted by Crippen LogP contribution is -2.08. The van der Waals surface area contributed by atoms with Crippen LogP contribution in [0.4, 0.5) is 17.2 Å². The molecule has 0 amide bonds. The van der Waals surface area contributed by atoms with Crippen LogP contribution < -0.4 is 19.5 Å². The molecule has 0 fully saturated rings. The summed E-state index contributed by atoms with van der Waals surface area (Å²) in [6, 6.07) is 17.4. The van der Waals surface area contributed by atoms with Gasteiger partial charge in [-0.25, -0.2) is 9.97 Å². The average molecular weight is 474 g/mol. The summed E-state index contributed by atoms with van der Waals surface area (Å²) in [7, 11) is 0. The van der Waals surface area contributed by atoms with E-state index in [-0.39, 0.29) is 12.3 Å². The maximum absolute atomic E-state index is 10.9. The van der Waals surface area contributed by atoms with Crippen LogP contribution >= 0.6 is 0 Å². The van der Waals surface area contributed by atoms with Gasteiger partial charge < -0.3 is 24.3 Å². The highest BCUT2D eigenvalue weighted by Crippen LogP contribution is 2.36. The van der Waals surface area contributed by atoms with Crippen molar-refractivity contribution in [1.29, 1.82) is 0 Å². The summed E-state index contributed by atoms with van der Waals surface area (Å²) in [5.74, 6) is 2.41. The highest BCUT2D eigenvalue weighted by Gasteiger charge is 2.15. The van der Waals surface area contributed by atoms with Crippen LogP contribution in [-0.2, 0) is 11.3 Å². The number of benzene rings is 3. The van der Waals surface area contributed by atoms with Gasteiger partial charge >= 0.3 is 0 Å². The van der Waals surface area contributed by atoms with E-state index in [1.54, 1.807) is 12.1 Å². The molecule has 35 heavy (non-hydrogen) atoms. The lowest BCUT2D eigenvalue weighted by molar-refractivity contribution is -0.384. The molecule has 0 saturated carbocycles. The van der Waals surface area contributed by atoms with E-state index in [4.69, 9.17) is 18.9 Å². The maximum Gasteiger partial charge on any atom is 0.269 e. The van der Waals surface area contributed by atoms with Crippen molar-refractivity contribution in [2.45, 2.75) is 6.61 Å². The number of rotatable bonds is 6. The molecule has 2 heterocycles. The van der Waals surface area contributed by atoms with Gasteiger partial charge in [-0.3, -0.25) is 10.1 Å². The number of fused-ring (bicyclic) bond motifs is 2. The van der Waals surface area contributed by atoms with Crippen molar-refractivity contribution in [3.05, 3.63) is 82.7 Å². The minimum absolute atomic E-state index is 0.0394. The Kier molecular flexibility index (Phi) is 6.53. The summed E-state index contributed by atoms with van der Waals surface area (Å²) >= 11 is 0. The second-order valence-corrected chi connectivity index (χ2v) is 7.68. The Morgan fingerprint density at radius 3 is 2.46 bits per heavy atom. The summed E-state index contributed by atoms with van der Waals surface area (Å²) in [4.78, 5) is 19.3. The fraction of sp³-hybridized carbons (Fsp3) is 0.200. The van der Waals surface area contributed by atoms with Gasteiger partial charge in [0.2, 0.25) is 0 Å². The second kappa shape index (κ2) is 10.2. The third-order valence-electron chi connectivity index (χ3n) is 5.35. The standard InChI is InChI=1S/C25H22N4O6/c30-29(31)18-7-5-17(6-8-18)15-35-22-4-2-1-3-20(22)28-25-19-13-23-24(14-21(19)26-16-27-25)34-12-10-32-9-11-33-23/h1-8,13-14,16H,9-12,15H2,(H,26,27,28). The van der Waals surface area contributed by atoms with Crippen LogP contribution in [0.2, 0.25) is 0 Å². The summed E-state index contributed by atoms with van der Waals surface area (Å²) in [6.45, 7) is 2.07. The molecule has 5 rings (SSSR count). The molecule has 0 saturated heterocycles. The van der Waals surface area contributed by atoms with E-state index >= 15 is 0 Å². The number of nitrogens with zero attached hydrogens (tertiary/aromatic N) is 3. The molecule has 0 radical (unpaired) electrons. The Morgan fingerprint density at radius 2 is 1.69 bits per heavy atom. The molecule has 0 spiro atoms. The van der Waals surface area contributed by atoms with E-state index in [0.29, 0.717) is 60.7 Å². The van der Waals surface area contributed by atoms with E-state index in [2.05, 4.69) is 15.3 Å². The maximum atomic E-state index is 10.9. The molecule has 1 N–H and O–H groups in total. The monoisotopic (exact) mass is 474 g/mol. The highest BCUT2D eigenvalue weighted by atomic mass is 16.6. The molecule has 10 nitrogen and oxygen atoms in total. The van der Waals surface area contributed by atoms with Crippen molar-refractivity contribution in [1.82, 2.24) is 9.97 Å². The largest absolute Gasteiger partial charge is 0.487 e. The third kappa shape index (κ3) is 5.22. The van der Waals surface area contributed by atoms with Crippen molar-refractivity contribution >= 4 is 28.1 Å². The molecule has 4 aromatic rings. The molecular weight excluding hydrogens is 452 g/mol. The summed E-state index contributed by atoms with van der Waals surface area (Å²) in [5.41, 5.74) is 2.27. The zero-order valence-electron chi connectivity index (χ0n) is 18.7. The van der Waals surface area contributed by atoms with Gasteiger partial charge in [0.25, 0.3) is 5.69 Å². The number of nitro benzene ring substituents is 1. The zero-order chi connectivity index (χ0) is 24.0. The number of ether oxygens (including phenoxy) is 4. The molecule has 10 heteroatoms. The molecule has 0 aliphatic carbocycles. The van der Waals surface area contributed by atoms with E-state index in [9.17, 15) is 10.1 Å². The van der Waals surface area contributed by atoms with Crippen LogP contribution in [-0.4, -0.2) is 41.3 Å². The fourth-order valence-electron chi connectivity index (χ4n) is 3.61. The van der Waals surface area contributed by atoms with Gasteiger partial charge in [-0.2, -0.15) is 0 Å². The molecule has 178 valence electrons. The molecule has 0 atom stereocenters. The van der Waals surface area contributed by atoms with Gasteiger partial charge in [-0.1, -0.05) is 12.1 Å². The molecule has 3 aromatic carbocycles. The van der Waals surface area contributed by atoms with Crippen LogP contribution in [0.3, 0.4) is 0 Å². The lowest BCUT2D eigenvalue weighted by atomic mass is 10.2. The number of nitro groups is 1. The van der Waals surface area contributed by atoms with E-state index < -0.39 is 4.92 Å². The topological polar surface area (TPSA) is 118 Å². The number of nitrogens with one attached hydrogen (secondary N) is 1. The van der Waals surface area contributed by atoms with Gasteiger partial charge in [0, 0.05) is 23.6 Å². The first-order valence-corrected chi connectivity index (χ1v) is 11.0. The quantitative estimate of drug-likeness (QED) is 0.315. The average Bonchev–Trinajstić information content (AvgIpc) is 2.99. The van der Waals surface area contributed by atoms with Gasteiger partial charge in [0.1, 0.15) is 37.7 Å². The first-order chi connectivity index (χ1) is 17.2. The predicted octanol–water partition coefficient (Wildman–Crippen LogP) is 4.65. The Morgan fingerprint density at radius 1 is 0.943 bits per heavy atom. The lowest BCUT2D eigenvalue weighted by Gasteiger charge is -2.15. The van der Waals surface area contributed by atoms with Crippen molar-refractivity contribution < 1.29 is 23.9 Å². The minimum atomic E-state index is -0.428. The number of para-hydroxylation sites is 2. The van der Waals surface area contributed by atoms with Crippen LogP contribution in [0.15, 0.2) is 67.0 Å². The van der Waals surface area contributed by atoms with Crippen molar-refractivity contribution in [3.63, 3.8) is 0 Å². The van der Waals surface area contributed by atoms with Crippen LogP contribution in [0.25, 0.3) is 10.9 Å². The SMILES string of the molecule is O=[N+]([O-])c1ccc(COc2ccccc2Nc2ncnc3cc4c(cc23)OCCOCCO4)cc1. The van der Waals surface area contributed by atoms with E-state index in [1.165, 1.54) is 18.5 Å². The Hall–Kier alpha value is -4.44. The summed E-state index contributed by atoms with van der Waals surface area (Å²) < 4.78 is 23.1. The van der Waals surface area contributed by atoms with Gasteiger partial charge in [-0.05, 0) is 35.9 Å². The number of hydrogen-bond donors (Lipinski definition) is 1. The van der Waals surface area contributed by atoms with Crippen LogP contribution in [0.1, 0.15) is 5.56 Å². The number of aromatic nitrogens is 2. The third-order valence-corrected chi connectivity index (χ3v) is 5.35. The molecular formula is C25H22N4O6. The van der Waals surface area contributed by atoms with Crippen LogP contribution in [0.5, 0.6) is 17.2 Å². The molecule has 1 aliphatic rings. The summed E-state index contributed by atoms with van der Waals surface area (Å²) in [6.07, 6.45) is 1.48. The highest BCUT2D eigenvalue weighted by molar-refractivity contribution is 5.93. The molecule has 1 aliphatic heterocycles. The zero-order valence-corrected chi connectivity index (χ0v) is 18.7. The van der Waals surface area contributed by atoms with Crippen LogP contribution in [0, 0.1) is 10.1 Å². The fourth-order valence-corrected chi connectivity index (χ4v) is 3.61. The second-order valence-electron chi connectivity index (χ2n) is 7.68. The number of hydrogen-bond acceptors (Lipinski definition) is 9. The smallest absolute Gasteiger partial charge is 0.269 e. The first kappa shape index (κ1) is 22.4. The van der Waals surface area contributed by atoms with Crippen molar-refractivity contribution in [3.8, 4) is 17.2 Å². The normalized spacial score (nSPS) is 13.4. The molecule has 1 aromatic heterocycles. The van der Waals surface area contributed by atoms with E-state index in [1.807, 2.05) is 36.4 Å². The van der Waals surface area contributed by atoms with Crippen molar-refractivity contribution in [2.24, 2.45) is 0 Å². The number of anilines is 2. The Bertz CT molecular complexity index is 1350. The van der Waals surface area contributed by atoms with Gasteiger partial charge in [0.15, 0.2) is 11.5 Å². The molecule has 0 bridgehead atoms. The molecule has 0 unspecified atom stereocenters. The minimum Gasteiger partial charge on any atom is -0.487 e. The Balaban J connectivity index is 1.39.